The molecule has 2 N–H and O–H groups in total. The van der Waals surface area contributed by atoms with Gasteiger partial charge in [0.05, 0.1) is 24.8 Å². The Bertz CT molecular complexity index is 849. The van der Waals surface area contributed by atoms with Crippen LogP contribution in [0.25, 0.3) is 0 Å². The molecule has 6 heteroatoms. The number of nitrogens with one attached hydrogen (secondary N) is 1. The Labute approximate surface area is 145 Å². The molecule has 2 aliphatic rings. The van der Waals surface area contributed by atoms with Gasteiger partial charge in [0, 0.05) is 11.3 Å². The van der Waals surface area contributed by atoms with E-state index in [2.05, 4.69) is 5.32 Å². The maximum atomic E-state index is 13.1. The van der Waals surface area contributed by atoms with Crippen LogP contribution in [0.4, 0.5) is 5.69 Å². The van der Waals surface area contributed by atoms with Gasteiger partial charge < -0.3 is 20.1 Å². The van der Waals surface area contributed by atoms with Gasteiger partial charge in [0.25, 0.3) is 11.8 Å². The second kappa shape index (κ2) is 6.22. The van der Waals surface area contributed by atoms with Crippen molar-refractivity contribution < 1.29 is 19.4 Å². The Kier molecular flexibility index (Phi) is 3.89. The standard InChI is InChI=1S/C19H18N2O4/c22-11-14-9-12-3-1-2-4-16(12)21(14)19(24)13-5-6-17-15(10-13)18(23)20-7-8-25-17/h1-6,10,14,22H,7-9,11H2,(H,20,23). The lowest BCUT2D eigenvalue weighted by Gasteiger charge is -2.24. The average Bonchev–Trinajstić information content (AvgIpc) is 2.92. The largest absolute Gasteiger partial charge is 0.491 e. The summed E-state index contributed by atoms with van der Waals surface area (Å²) in [7, 11) is 0. The highest BCUT2D eigenvalue weighted by molar-refractivity contribution is 6.09. The molecule has 0 saturated heterocycles. The zero-order valence-electron chi connectivity index (χ0n) is 13.6. The van der Waals surface area contributed by atoms with Crippen molar-refractivity contribution in [1.29, 1.82) is 0 Å². The number of fused-ring (bicyclic) bond motifs is 2. The van der Waals surface area contributed by atoms with Crippen molar-refractivity contribution >= 4 is 17.5 Å². The molecule has 2 aromatic rings. The second-order valence-electron chi connectivity index (χ2n) is 6.16. The Morgan fingerprint density at radius 3 is 2.96 bits per heavy atom. The van der Waals surface area contributed by atoms with Crippen molar-refractivity contribution in [1.82, 2.24) is 5.32 Å². The summed E-state index contributed by atoms with van der Waals surface area (Å²) in [4.78, 5) is 26.9. The van der Waals surface area contributed by atoms with Crippen LogP contribution in [-0.4, -0.2) is 42.7 Å². The van der Waals surface area contributed by atoms with Crippen molar-refractivity contribution in [3.8, 4) is 5.75 Å². The summed E-state index contributed by atoms with van der Waals surface area (Å²) >= 11 is 0. The van der Waals surface area contributed by atoms with Crippen molar-refractivity contribution in [2.24, 2.45) is 0 Å². The summed E-state index contributed by atoms with van der Waals surface area (Å²) in [6.45, 7) is 0.718. The first kappa shape index (κ1) is 15.7. The fourth-order valence-electron chi connectivity index (χ4n) is 3.41. The number of rotatable bonds is 2. The lowest BCUT2D eigenvalue weighted by molar-refractivity contribution is 0.0957. The average molecular weight is 338 g/mol. The fourth-order valence-corrected chi connectivity index (χ4v) is 3.41. The lowest BCUT2D eigenvalue weighted by Crippen LogP contribution is -2.40. The van der Waals surface area contributed by atoms with E-state index in [-0.39, 0.29) is 24.5 Å². The van der Waals surface area contributed by atoms with Gasteiger partial charge in [-0.3, -0.25) is 9.59 Å². The van der Waals surface area contributed by atoms with E-state index in [1.165, 1.54) is 0 Å². The normalized spacial score (nSPS) is 18.7. The molecular weight excluding hydrogens is 320 g/mol. The number of amides is 2. The molecule has 2 heterocycles. The minimum atomic E-state index is -0.297. The smallest absolute Gasteiger partial charge is 0.258 e. The molecule has 2 amide bonds. The Morgan fingerprint density at radius 1 is 1.28 bits per heavy atom. The Morgan fingerprint density at radius 2 is 2.12 bits per heavy atom. The molecule has 0 fully saturated rings. The van der Waals surface area contributed by atoms with Crippen molar-refractivity contribution in [2.75, 3.05) is 24.7 Å². The summed E-state index contributed by atoms with van der Waals surface area (Å²) in [5, 5.41) is 12.4. The molecule has 0 saturated carbocycles. The van der Waals surface area contributed by atoms with Gasteiger partial charge in [-0.1, -0.05) is 18.2 Å². The number of nitrogens with zero attached hydrogens (tertiary/aromatic N) is 1. The van der Waals surface area contributed by atoms with E-state index in [4.69, 9.17) is 4.74 Å². The SMILES string of the molecule is O=C1NCCOc2ccc(C(=O)N3c4ccccc4CC3CO)cc21. The molecular formula is C19H18N2O4. The Hall–Kier alpha value is -2.86. The molecule has 25 heavy (non-hydrogen) atoms. The van der Waals surface area contributed by atoms with E-state index in [1.54, 1.807) is 23.1 Å². The van der Waals surface area contributed by atoms with E-state index in [1.807, 2.05) is 24.3 Å². The molecule has 2 aliphatic heterocycles. The van der Waals surface area contributed by atoms with Crippen LogP contribution in [0, 0.1) is 0 Å². The third-order valence-electron chi connectivity index (χ3n) is 4.62. The minimum absolute atomic E-state index is 0.116. The molecule has 6 nitrogen and oxygen atoms in total. The predicted octanol–water partition coefficient (Wildman–Crippen LogP) is 1.37. The summed E-state index contributed by atoms with van der Waals surface area (Å²) in [5.74, 6) is -0.00129. The Balaban J connectivity index is 1.73. The van der Waals surface area contributed by atoms with Gasteiger partial charge in [0.2, 0.25) is 0 Å². The van der Waals surface area contributed by atoms with Crippen LogP contribution in [0.15, 0.2) is 42.5 Å². The van der Waals surface area contributed by atoms with E-state index >= 15 is 0 Å². The van der Waals surface area contributed by atoms with Gasteiger partial charge in [-0.25, -0.2) is 0 Å². The molecule has 2 aromatic carbocycles. The molecule has 4 rings (SSSR count). The highest BCUT2D eigenvalue weighted by atomic mass is 16.5. The lowest BCUT2D eigenvalue weighted by atomic mass is 10.1. The molecule has 1 unspecified atom stereocenters. The summed E-state index contributed by atoms with van der Waals surface area (Å²) in [6.07, 6.45) is 0.618. The summed E-state index contributed by atoms with van der Waals surface area (Å²) in [6, 6.07) is 12.2. The number of benzene rings is 2. The number of aliphatic hydroxyl groups is 1. The number of hydrogen-bond donors (Lipinski definition) is 2. The van der Waals surface area contributed by atoms with Crippen molar-refractivity contribution in [3.05, 3.63) is 59.2 Å². The van der Waals surface area contributed by atoms with Crippen LogP contribution in [0.3, 0.4) is 0 Å². The monoisotopic (exact) mass is 338 g/mol. The van der Waals surface area contributed by atoms with Crippen LogP contribution in [0.1, 0.15) is 26.3 Å². The van der Waals surface area contributed by atoms with E-state index in [0.717, 1.165) is 11.3 Å². The summed E-state index contributed by atoms with van der Waals surface area (Å²) < 4.78 is 5.53. The van der Waals surface area contributed by atoms with Gasteiger partial charge in [-0.15, -0.1) is 0 Å². The predicted molar refractivity (Wildman–Crippen MR) is 92.1 cm³/mol. The van der Waals surface area contributed by atoms with Gasteiger partial charge in [-0.05, 0) is 36.2 Å². The number of para-hydroxylation sites is 1. The number of carbonyl (C=O) groups excluding carboxylic acids is 2. The van der Waals surface area contributed by atoms with Crippen molar-refractivity contribution in [3.63, 3.8) is 0 Å². The molecule has 0 spiro atoms. The highest BCUT2D eigenvalue weighted by Gasteiger charge is 2.34. The molecule has 0 aliphatic carbocycles. The van der Waals surface area contributed by atoms with Gasteiger partial charge in [-0.2, -0.15) is 0 Å². The maximum Gasteiger partial charge on any atom is 0.258 e. The van der Waals surface area contributed by atoms with Gasteiger partial charge in [0.1, 0.15) is 12.4 Å². The third kappa shape index (κ3) is 2.64. The molecule has 1 atom stereocenters. The quantitative estimate of drug-likeness (QED) is 0.867. The first-order chi connectivity index (χ1) is 12.2. The van der Waals surface area contributed by atoms with Crippen molar-refractivity contribution in [2.45, 2.75) is 12.5 Å². The minimum Gasteiger partial charge on any atom is -0.491 e. The highest BCUT2D eigenvalue weighted by Crippen LogP contribution is 2.33. The van der Waals surface area contributed by atoms with Crippen LogP contribution in [0.2, 0.25) is 0 Å². The second-order valence-corrected chi connectivity index (χ2v) is 6.16. The van der Waals surface area contributed by atoms with Crippen LogP contribution in [-0.2, 0) is 6.42 Å². The third-order valence-corrected chi connectivity index (χ3v) is 4.62. The van der Waals surface area contributed by atoms with Crippen LogP contribution >= 0.6 is 0 Å². The zero-order valence-corrected chi connectivity index (χ0v) is 13.6. The molecule has 128 valence electrons. The number of carbonyl (C=O) groups is 2. The van der Waals surface area contributed by atoms with Crippen LogP contribution < -0.4 is 15.0 Å². The zero-order chi connectivity index (χ0) is 17.4. The van der Waals surface area contributed by atoms with Crippen LogP contribution in [0.5, 0.6) is 5.75 Å². The first-order valence-corrected chi connectivity index (χ1v) is 8.26. The molecule has 0 bridgehead atoms. The number of aliphatic hydroxyl groups excluding tert-OH is 1. The maximum absolute atomic E-state index is 13.1. The summed E-state index contributed by atoms with van der Waals surface area (Å²) in [5.41, 5.74) is 2.60. The first-order valence-electron chi connectivity index (χ1n) is 8.26. The van der Waals surface area contributed by atoms with E-state index < -0.39 is 0 Å². The molecule has 0 radical (unpaired) electrons. The van der Waals surface area contributed by atoms with Gasteiger partial charge >= 0.3 is 0 Å². The fraction of sp³-hybridized carbons (Fsp3) is 0.263. The van der Waals surface area contributed by atoms with Gasteiger partial charge in [0.15, 0.2) is 0 Å². The topological polar surface area (TPSA) is 78.9 Å². The van der Waals surface area contributed by atoms with E-state index in [0.29, 0.717) is 36.4 Å². The molecule has 0 aromatic heterocycles. The number of ether oxygens (including phenoxy) is 1. The van der Waals surface area contributed by atoms with E-state index in [9.17, 15) is 14.7 Å². The number of anilines is 1. The number of hydrogen-bond acceptors (Lipinski definition) is 4.